The van der Waals surface area contributed by atoms with Gasteiger partial charge in [0.2, 0.25) is 0 Å². The fourth-order valence-electron chi connectivity index (χ4n) is 7.79. The third-order valence-corrected chi connectivity index (χ3v) is 12.2. The lowest BCUT2D eigenvalue weighted by Gasteiger charge is -2.18. The number of esters is 3. The van der Waals surface area contributed by atoms with Gasteiger partial charge in [-0.2, -0.15) is 0 Å². The fourth-order valence-corrected chi connectivity index (χ4v) is 7.79. The van der Waals surface area contributed by atoms with Crippen LogP contribution in [0.5, 0.6) is 0 Å². The Morgan fingerprint density at radius 1 is 0.292 bits per heavy atom. The first-order valence-electron chi connectivity index (χ1n) is 29.3. The molecule has 0 saturated carbocycles. The number of unbranched alkanes of at least 4 members (excludes halogenated alkanes) is 27. The molecule has 0 bridgehead atoms. The molecule has 6 nitrogen and oxygen atoms in total. The predicted octanol–water partition coefficient (Wildman–Crippen LogP) is 19.8. The maximum absolute atomic E-state index is 12.9. The van der Waals surface area contributed by atoms with Crippen LogP contribution in [0.1, 0.15) is 245 Å². The molecule has 0 aromatic rings. The highest BCUT2D eigenvalue weighted by atomic mass is 16.6. The van der Waals surface area contributed by atoms with Gasteiger partial charge in [-0.25, -0.2) is 0 Å². The lowest BCUT2D eigenvalue weighted by Crippen LogP contribution is -2.30. The minimum Gasteiger partial charge on any atom is -0.462 e. The van der Waals surface area contributed by atoms with E-state index in [0.717, 1.165) is 96.3 Å². The summed E-state index contributed by atoms with van der Waals surface area (Å²) >= 11 is 0. The molecule has 406 valence electrons. The minimum absolute atomic E-state index is 0.105. The van der Waals surface area contributed by atoms with E-state index in [1.807, 2.05) is 72.9 Å². The summed E-state index contributed by atoms with van der Waals surface area (Å²) < 4.78 is 16.8. The summed E-state index contributed by atoms with van der Waals surface area (Å²) in [6.07, 6.45) is 82.9. The van der Waals surface area contributed by atoms with E-state index < -0.39 is 6.10 Å². The van der Waals surface area contributed by atoms with E-state index in [9.17, 15) is 14.4 Å². The third kappa shape index (κ3) is 56.5. The van der Waals surface area contributed by atoms with Gasteiger partial charge in [-0.1, -0.05) is 296 Å². The highest BCUT2D eigenvalue weighted by molar-refractivity contribution is 5.71. The van der Waals surface area contributed by atoms with Crippen molar-refractivity contribution in [2.45, 2.75) is 252 Å². The summed E-state index contributed by atoms with van der Waals surface area (Å²) in [5.41, 5.74) is 0. The van der Waals surface area contributed by atoms with Crippen LogP contribution in [0.3, 0.4) is 0 Å². The lowest BCUT2D eigenvalue weighted by atomic mass is 10.0. The Morgan fingerprint density at radius 3 is 0.889 bits per heavy atom. The van der Waals surface area contributed by atoms with Gasteiger partial charge in [-0.3, -0.25) is 14.4 Å². The second kappa shape index (κ2) is 59.1. The zero-order valence-corrected chi connectivity index (χ0v) is 46.4. The average Bonchev–Trinajstić information content (AvgIpc) is 3.38. The van der Waals surface area contributed by atoms with Gasteiger partial charge in [0.25, 0.3) is 0 Å². The maximum atomic E-state index is 12.9. The third-order valence-electron chi connectivity index (χ3n) is 12.2. The molecule has 1 unspecified atom stereocenters. The van der Waals surface area contributed by atoms with E-state index in [1.165, 1.54) is 109 Å². The molecule has 1 atom stereocenters. The van der Waals surface area contributed by atoms with Crippen LogP contribution in [-0.4, -0.2) is 37.2 Å². The molecule has 0 amide bonds. The van der Waals surface area contributed by atoms with Crippen molar-refractivity contribution < 1.29 is 28.6 Å². The van der Waals surface area contributed by atoms with Crippen LogP contribution in [0.15, 0.2) is 134 Å². The molecular weight excluding hydrogens is 889 g/mol. The number of ether oxygens (including phenoxy) is 3. The van der Waals surface area contributed by atoms with Crippen LogP contribution in [0, 0.1) is 0 Å². The molecule has 0 saturated heterocycles. The zero-order valence-electron chi connectivity index (χ0n) is 46.4. The van der Waals surface area contributed by atoms with Crippen molar-refractivity contribution in [2.75, 3.05) is 13.2 Å². The van der Waals surface area contributed by atoms with Gasteiger partial charge in [0, 0.05) is 19.3 Å². The number of rotatable bonds is 51. The first-order valence-corrected chi connectivity index (χ1v) is 29.3. The minimum atomic E-state index is -0.814. The Kier molecular flexibility index (Phi) is 55.5. The molecule has 0 aliphatic heterocycles. The zero-order chi connectivity index (χ0) is 52.2. The second-order valence-electron chi connectivity index (χ2n) is 19.1. The van der Waals surface area contributed by atoms with Gasteiger partial charge in [0.05, 0.1) is 0 Å². The number of hydrogen-bond acceptors (Lipinski definition) is 6. The van der Waals surface area contributed by atoms with E-state index in [2.05, 4.69) is 81.5 Å². The molecule has 0 aliphatic rings. The van der Waals surface area contributed by atoms with Gasteiger partial charge in [0.1, 0.15) is 13.2 Å². The molecular formula is C66H106O6. The Morgan fingerprint density at radius 2 is 0.542 bits per heavy atom. The molecule has 0 rings (SSSR count). The fraction of sp³-hybridized carbons (Fsp3) is 0.621. The molecule has 72 heavy (non-hydrogen) atoms. The van der Waals surface area contributed by atoms with E-state index >= 15 is 0 Å². The highest BCUT2D eigenvalue weighted by Gasteiger charge is 2.19. The summed E-state index contributed by atoms with van der Waals surface area (Å²) in [5.74, 6) is -0.975. The van der Waals surface area contributed by atoms with Crippen LogP contribution in [0.4, 0.5) is 0 Å². The SMILES string of the molecule is CC\C=C/C=C\C=C/C=C\C=C\C=C/C=C\CCCCCC(=O)OCC(COC(=O)CCCCCCCCCCCCCCCCCCC)OC(=O)CCCCCCC\C=C/C=C\C=C/C=C\CCCCC. The predicted molar refractivity (Wildman–Crippen MR) is 311 cm³/mol. The van der Waals surface area contributed by atoms with Crippen LogP contribution in [0.2, 0.25) is 0 Å². The summed E-state index contributed by atoms with van der Waals surface area (Å²) in [4.78, 5) is 38.2. The molecule has 0 heterocycles. The number of carbonyl (C=O) groups excluding carboxylic acids is 3. The maximum Gasteiger partial charge on any atom is 0.306 e. The monoisotopic (exact) mass is 995 g/mol. The Bertz CT molecular complexity index is 1560. The van der Waals surface area contributed by atoms with Crippen molar-refractivity contribution in [3.8, 4) is 0 Å². The summed E-state index contributed by atoms with van der Waals surface area (Å²) in [7, 11) is 0. The average molecular weight is 996 g/mol. The van der Waals surface area contributed by atoms with Crippen molar-refractivity contribution in [3.63, 3.8) is 0 Å². The molecule has 0 radical (unpaired) electrons. The van der Waals surface area contributed by atoms with E-state index in [1.54, 1.807) is 0 Å². The largest absolute Gasteiger partial charge is 0.462 e. The van der Waals surface area contributed by atoms with Crippen molar-refractivity contribution >= 4 is 17.9 Å². The molecule has 6 heteroatoms. The van der Waals surface area contributed by atoms with Crippen molar-refractivity contribution in [1.29, 1.82) is 0 Å². The van der Waals surface area contributed by atoms with Gasteiger partial charge in [-0.15, -0.1) is 0 Å². The van der Waals surface area contributed by atoms with Gasteiger partial charge in [-0.05, 0) is 64.2 Å². The standard InChI is InChI=1S/C66H106O6/c1-4-7-10-13-16-19-22-25-28-31-33-36-38-41-44-47-50-53-56-59-65(68)71-62-63(61-70-64(67)58-55-52-49-46-43-40-37-34-30-27-24-21-18-15-12-9-6-3)72-66(69)60-57-54-51-48-45-42-39-35-32-29-26-23-20-17-14-11-8-5-2/h7,10,13,16-17,19-20,22-23,25-26,28-29,31-33,35-36,38-39,41,44,63H,4-6,8-9,11-12,14-15,18,21,24,27,30,34,37,40,42-43,45-62H2,1-3H3/b10-7-,16-13-,20-17-,22-19-,26-23-,28-25-,32-29-,33-31+,38-36-,39-35-,44-41-. The van der Waals surface area contributed by atoms with Crippen molar-refractivity contribution in [2.24, 2.45) is 0 Å². The second-order valence-corrected chi connectivity index (χ2v) is 19.1. The van der Waals surface area contributed by atoms with Crippen LogP contribution in [0.25, 0.3) is 0 Å². The van der Waals surface area contributed by atoms with Crippen LogP contribution >= 0.6 is 0 Å². The van der Waals surface area contributed by atoms with Crippen molar-refractivity contribution in [3.05, 3.63) is 134 Å². The Labute approximate surface area is 443 Å². The number of carbonyl (C=O) groups is 3. The number of hydrogen-bond donors (Lipinski definition) is 0. The molecule has 0 spiro atoms. The Balaban J connectivity index is 4.55. The van der Waals surface area contributed by atoms with E-state index in [0.29, 0.717) is 12.8 Å². The van der Waals surface area contributed by atoms with Gasteiger partial charge >= 0.3 is 17.9 Å². The normalized spacial score (nSPS) is 13.1. The van der Waals surface area contributed by atoms with Gasteiger partial charge < -0.3 is 14.2 Å². The Hall–Kier alpha value is -4.45. The van der Waals surface area contributed by atoms with Crippen molar-refractivity contribution in [1.82, 2.24) is 0 Å². The molecule has 0 aromatic heterocycles. The smallest absolute Gasteiger partial charge is 0.306 e. The van der Waals surface area contributed by atoms with E-state index in [-0.39, 0.29) is 37.5 Å². The lowest BCUT2D eigenvalue weighted by molar-refractivity contribution is -0.167. The summed E-state index contributed by atoms with van der Waals surface area (Å²) in [6, 6.07) is 0. The van der Waals surface area contributed by atoms with Crippen LogP contribution < -0.4 is 0 Å². The summed E-state index contributed by atoms with van der Waals surface area (Å²) in [6.45, 7) is 6.40. The quantitative estimate of drug-likeness (QED) is 0.0261. The van der Waals surface area contributed by atoms with E-state index in [4.69, 9.17) is 14.2 Å². The number of allylic oxidation sites excluding steroid dienone is 22. The molecule has 0 N–H and O–H groups in total. The van der Waals surface area contributed by atoms with Gasteiger partial charge in [0.15, 0.2) is 6.10 Å². The highest BCUT2D eigenvalue weighted by Crippen LogP contribution is 2.16. The van der Waals surface area contributed by atoms with Crippen LogP contribution in [-0.2, 0) is 28.6 Å². The molecule has 0 fully saturated rings. The summed E-state index contributed by atoms with van der Waals surface area (Å²) in [5, 5.41) is 0. The topological polar surface area (TPSA) is 78.9 Å². The first-order chi connectivity index (χ1) is 35.5. The molecule has 0 aromatic carbocycles. The molecule has 0 aliphatic carbocycles. The first kappa shape index (κ1) is 67.5.